The first-order chi connectivity index (χ1) is 7.38. The molecule has 0 saturated carbocycles. The molecule has 0 amide bonds. The van der Waals surface area contributed by atoms with Gasteiger partial charge in [0, 0.05) is 0 Å². The number of benzene rings is 1. The molecule has 2 radical (unpaired) electrons. The van der Waals surface area contributed by atoms with E-state index in [1.807, 2.05) is 6.92 Å². The molecule has 0 aliphatic heterocycles. The van der Waals surface area contributed by atoms with Crippen LogP contribution >= 0.6 is 0 Å². The second-order valence-corrected chi connectivity index (χ2v) is 5.21. The van der Waals surface area contributed by atoms with Gasteiger partial charge in [-0.25, -0.2) is 0 Å². The van der Waals surface area contributed by atoms with Crippen molar-refractivity contribution in [2.45, 2.75) is 37.1 Å². The summed E-state index contributed by atoms with van der Waals surface area (Å²) in [4.78, 5) is 0. The molecular weight excluding hydrogens is 228 g/mol. The third-order valence-electron chi connectivity index (χ3n) is 2.38. The van der Waals surface area contributed by atoms with Gasteiger partial charge in [-0.2, -0.15) is 13.2 Å². The van der Waals surface area contributed by atoms with E-state index in [0.717, 1.165) is 12.0 Å². The van der Waals surface area contributed by atoms with Gasteiger partial charge in [-0.3, -0.25) is 0 Å². The Labute approximate surface area is 102 Å². The maximum Gasteiger partial charge on any atom is 0.393 e. The normalized spacial score (nSPS) is 13.8. The van der Waals surface area contributed by atoms with E-state index in [9.17, 15) is 13.2 Å². The smallest absolute Gasteiger partial charge is 0.171 e. The van der Waals surface area contributed by atoms with Gasteiger partial charge in [-0.15, -0.1) is 4.78 Å². The van der Waals surface area contributed by atoms with Gasteiger partial charge in [-0.05, 0) is 17.5 Å². The predicted octanol–water partition coefficient (Wildman–Crippen LogP) is 3.70. The number of rotatable bonds is 4. The van der Waals surface area contributed by atoms with Crippen molar-refractivity contribution in [3.8, 4) is 0 Å². The highest BCUT2D eigenvalue weighted by atomic mass is 27.0. The summed E-state index contributed by atoms with van der Waals surface area (Å²) in [5, 5.41) is 0. The van der Waals surface area contributed by atoms with E-state index in [2.05, 4.69) is 16.3 Å². The Morgan fingerprint density at radius 2 is 1.75 bits per heavy atom. The molecule has 1 rings (SSSR count). The summed E-state index contributed by atoms with van der Waals surface area (Å²) in [5.41, 5.74) is 1.22. The summed E-state index contributed by atoms with van der Waals surface area (Å²) >= 11 is 2.66. The zero-order valence-electron chi connectivity index (χ0n) is 9.22. The second-order valence-electron chi connectivity index (χ2n) is 4.08. The number of aryl methyl sites for hydroxylation is 1. The van der Waals surface area contributed by atoms with Gasteiger partial charge in [0.1, 0.15) is 16.3 Å². The maximum atomic E-state index is 12.3. The summed E-state index contributed by atoms with van der Waals surface area (Å²) in [6.07, 6.45) is -3.35. The molecule has 4 heteroatoms. The summed E-state index contributed by atoms with van der Waals surface area (Å²) in [6.45, 7) is 2.04. The molecular formula is C12H14AlF3. The Balaban J connectivity index is 2.75. The maximum absolute atomic E-state index is 12.3. The Kier molecular flexibility index (Phi) is 4.89. The van der Waals surface area contributed by atoms with Gasteiger partial charge in [0.25, 0.3) is 0 Å². The van der Waals surface area contributed by atoms with Crippen LogP contribution in [0, 0.1) is 0 Å². The molecule has 0 saturated heterocycles. The van der Waals surface area contributed by atoms with Gasteiger partial charge in [0.05, 0.1) is 6.42 Å². The second kappa shape index (κ2) is 5.75. The average Bonchev–Trinajstić information content (AvgIpc) is 2.14. The quantitative estimate of drug-likeness (QED) is 0.706. The fourth-order valence-corrected chi connectivity index (χ4v) is 1.74. The van der Waals surface area contributed by atoms with Crippen LogP contribution in [0.3, 0.4) is 0 Å². The van der Waals surface area contributed by atoms with Gasteiger partial charge in [-0.1, -0.05) is 37.6 Å². The molecule has 0 fully saturated rings. The highest BCUT2D eigenvalue weighted by Crippen LogP contribution is 2.24. The average molecular weight is 242 g/mol. The first-order valence-electron chi connectivity index (χ1n) is 5.27. The third kappa shape index (κ3) is 5.05. The topological polar surface area (TPSA) is 0 Å². The monoisotopic (exact) mass is 242 g/mol. The van der Waals surface area contributed by atoms with Gasteiger partial charge in [0.15, 0.2) is 0 Å². The van der Waals surface area contributed by atoms with E-state index in [1.165, 1.54) is 0 Å². The number of alkyl halides is 3. The SMILES string of the molecule is C[CH]([Al])CCc1ccccc1CC(F)(F)F. The molecule has 0 bridgehead atoms. The van der Waals surface area contributed by atoms with Gasteiger partial charge in [0.2, 0.25) is 0 Å². The van der Waals surface area contributed by atoms with Crippen molar-refractivity contribution >= 4 is 16.3 Å². The Morgan fingerprint density at radius 1 is 1.19 bits per heavy atom. The van der Waals surface area contributed by atoms with Crippen LogP contribution in [0.2, 0.25) is 4.78 Å². The third-order valence-corrected chi connectivity index (χ3v) is 2.71. The van der Waals surface area contributed by atoms with Crippen LogP contribution in [0.5, 0.6) is 0 Å². The fraction of sp³-hybridized carbons (Fsp3) is 0.500. The van der Waals surface area contributed by atoms with E-state index >= 15 is 0 Å². The first-order valence-corrected chi connectivity index (χ1v) is 5.94. The Morgan fingerprint density at radius 3 is 2.25 bits per heavy atom. The molecule has 0 nitrogen and oxygen atoms in total. The molecule has 86 valence electrons. The van der Waals surface area contributed by atoms with Crippen LogP contribution in [0.25, 0.3) is 0 Å². The van der Waals surface area contributed by atoms with E-state index in [-0.39, 0.29) is 0 Å². The number of halogens is 3. The minimum atomic E-state index is -4.12. The molecule has 0 spiro atoms. The highest BCUT2D eigenvalue weighted by molar-refractivity contribution is 6.11. The summed E-state index contributed by atoms with van der Waals surface area (Å²) in [5.74, 6) is 0. The zero-order chi connectivity index (χ0) is 12.2. The van der Waals surface area contributed by atoms with E-state index in [0.29, 0.717) is 16.8 Å². The number of hydrogen-bond donors (Lipinski definition) is 0. The van der Waals surface area contributed by atoms with Crippen molar-refractivity contribution in [2.24, 2.45) is 0 Å². The lowest BCUT2D eigenvalue weighted by molar-refractivity contribution is -0.127. The van der Waals surface area contributed by atoms with Crippen molar-refractivity contribution in [2.75, 3.05) is 0 Å². The van der Waals surface area contributed by atoms with Gasteiger partial charge >= 0.3 is 6.18 Å². The highest BCUT2D eigenvalue weighted by Gasteiger charge is 2.28. The molecule has 1 aromatic carbocycles. The van der Waals surface area contributed by atoms with Crippen LogP contribution < -0.4 is 0 Å². The molecule has 1 unspecified atom stereocenters. The first kappa shape index (κ1) is 13.6. The summed E-state index contributed by atoms with van der Waals surface area (Å²) < 4.78 is 37.4. The molecule has 0 aliphatic carbocycles. The molecule has 0 aromatic heterocycles. The van der Waals surface area contributed by atoms with Crippen molar-refractivity contribution < 1.29 is 13.2 Å². The fourth-order valence-electron chi connectivity index (χ4n) is 1.57. The minimum absolute atomic E-state index is 0.403. The van der Waals surface area contributed by atoms with Crippen molar-refractivity contribution in [3.63, 3.8) is 0 Å². The largest absolute Gasteiger partial charge is 0.393 e. The molecule has 0 N–H and O–H groups in total. The minimum Gasteiger partial charge on any atom is -0.171 e. The standard InChI is InChI=1S/C12H14F3.Al/c1-2-3-6-10-7-4-5-8-11(10)9-12(13,14)15;/h2,4-5,7-8H,3,6,9H2,1H3;. The van der Waals surface area contributed by atoms with Crippen LogP contribution in [0.15, 0.2) is 24.3 Å². The number of hydrogen-bond acceptors (Lipinski definition) is 0. The van der Waals surface area contributed by atoms with E-state index < -0.39 is 12.6 Å². The molecule has 1 atom stereocenters. The Bertz CT molecular complexity index is 331. The van der Waals surface area contributed by atoms with Crippen molar-refractivity contribution in [1.82, 2.24) is 0 Å². The molecule has 1 aromatic rings. The van der Waals surface area contributed by atoms with Gasteiger partial charge < -0.3 is 0 Å². The van der Waals surface area contributed by atoms with Crippen LogP contribution in [-0.4, -0.2) is 22.5 Å². The molecule has 16 heavy (non-hydrogen) atoms. The van der Waals surface area contributed by atoms with E-state index in [1.54, 1.807) is 24.3 Å². The lowest BCUT2D eigenvalue weighted by Crippen LogP contribution is -2.13. The van der Waals surface area contributed by atoms with Crippen molar-refractivity contribution in [1.29, 1.82) is 0 Å². The lowest BCUT2D eigenvalue weighted by atomic mass is 9.99. The molecule has 0 heterocycles. The Hall–Kier alpha value is -0.458. The van der Waals surface area contributed by atoms with Crippen LogP contribution in [-0.2, 0) is 12.8 Å². The van der Waals surface area contributed by atoms with Crippen LogP contribution in [0.4, 0.5) is 13.2 Å². The summed E-state index contributed by atoms with van der Waals surface area (Å²) in [6, 6.07) is 6.81. The summed E-state index contributed by atoms with van der Waals surface area (Å²) in [7, 11) is 0. The lowest BCUT2D eigenvalue weighted by Gasteiger charge is -2.12. The van der Waals surface area contributed by atoms with Crippen molar-refractivity contribution in [3.05, 3.63) is 35.4 Å². The zero-order valence-corrected chi connectivity index (χ0v) is 10.4. The molecule has 0 aliphatic rings. The predicted molar refractivity (Wildman–Crippen MR) is 59.7 cm³/mol. The van der Waals surface area contributed by atoms with Crippen LogP contribution in [0.1, 0.15) is 24.5 Å². The van der Waals surface area contributed by atoms with E-state index in [4.69, 9.17) is 0 Å².